The van der Waals surface area contributed by atoms with Gasteiger partial charge in [0.15, 0.2) is 0 Å². The Labute approximate surface area is 169 Å². The van der Waals surface area contributed by atoms with Crippen molar-refractivity contribution in [3.8, 4) is 11.5 Å². The number of ether oxygens (including phenoxy) is 2. The maximum atomic E-state index is 12.5. The zero-order chi connectivity index (χ0) is 20.1. The Balaban J connectivity index is 1.75. The number of benzene rings is 2. The minimum absolute atomic E-state index is 0.121. The summed E-state index contributed by atoms with van der Waals surface area (Å²) in [6.07, 6.45) is 0.866. The monoisotopic (exact) mass is 396 g/mol. The first-order valence-corrected chi connectivity index (χ1v) is 10.1. The molecule has 0 fully saturated rings. The van der Waals surface area contributed by atoms with E-state index in [0.29, 0.717) is 17.2 Å². The molecule has 0 saturated carbocycles. The van der Waals surface area contributed by atoms with Crippen molar-refractivity contribution >= 4 is 34.3 Å². The van der Waals surface area contributed by atoms with Crippen LogP contribution in [0.3, 0.4) is 0 Å². The number of carbonyl (C=O) groups excluding carboxylic acids is 1. The van der Waals surface area contributed by atoms with Crippen LogP contribution in [0, 0.1) is 6.92 Å². The molecule has 3 rings (SSSR count). The van der Waals surface area contributed by atoms with E-state index >= 15 is 0 Å². The Kier molecular flexibility index (Phi) is 6.41. The lowest BCUT2D eigenvalue weighted by molar-refractivity contribution is -0.113. The molecular formula is C22H24N2O3S. The summed E-state index contributed by atoms with van der Waals surface area (Å²) < 4.78 is 10.5. The molecule has 1 amide bonds. The van der Waals surface area contributed by atoms with Crippen LogP contribution < -0.4 is 14.8 Å². The highest BCUT2D eigenvalue weighted by Crippen LogP contribution is 2.30. The zero-order valence-corrected chi connectivity index (χ0v) is 17.4. The first-order valence-electron chi connectivity index (χ1n) is 9.09. The molecule has 0 spiro atoms. The number of carbonyl (C=O) groups is 1. The molecule has 0 aliphatic carbocycles. The highest BCUT2D eigenvalue weighted by Gasteiger charge is 2.12. The summed E-state index contributed by atoms with van der Waals surface area (Å²) in [5.74, 6) is 1.39. The topological polar surface area (TPSA) is 60.5 Å². The molecule has 0 atom stereocenters. The fourth-order valence-corrected chi connectivity index (χ4v) is 3.82. The average Bonchev–Trinajstić information content (AvgIpc) is 2.71. The molecule has 0 unspecified atom stereocenters. The normalized spacial score (nSPS) is 10.7. The minimum atomic E-state index is -0.121. The van der Waals surface area contributed by atoms with Gasteiger partial charge in [-0.1, -0.05) is 30.3 Å². The third kappa shape index (κ3) is 4.57. The Hall–Kier alpha value is -2.73. The Morgan fingerprint density at radius 3 is 2.64 bits per heavy atom. The number of anilines is 1. The molecule has 28 heavy (non-hydrogen) atoms. The summed E-state index contributed by atoms with van der Waals surface area (Å²) >= 11 is 1.45. The van der Waals surface area contributed by atoms with Crippen molar-refractivity contribution in [2.45, 2.75) is 25.3 Å². The number of aryl methyl sites for hydroxylation is 2. The quantitative estimate of drug-likeness (QED) is 0.578. The minimum Gasteiger partial charge on any atom is -0.497 e. The van der Waals surface area contributed by atoms with Crippen LogP contribution in [0.4, 0.5) is 5.69 Å². The molecule has 1 N–H and O–H groups in total. The van der Waals surface area contributed by atoms with Crippen LogP contribution in [0.1, 0.15) is 18.1 Å². The number of rotatable bonds is 7. The third-order valence-corrected chi connectivity index (χ3v) is 5.44. The van der Waals surface area contributed by atoms with Gasteiger partial charge in [0.05, 0.1) is 31.2 Å². The second kappa shape index (κ2) is 8.97. The number of hydrogen-bond acceptors (Lipinski definition) is 5. The molecule has 2 aromatic carbocycles. The standard InChI is InChI=1S/C22H24N2O3S/c1-5-15-11-16-10-14(2)6-8-18(16)24-22(15)28-13-21(25)23-19-12-17(26-3)7-9-20(19)27-4/h6-12H,5,13H2,1-4H3,(H,23,25). The van der Waals surface area contributed by atoms with E-state index in [1.165, 1.54) is 17.3 Å². The lowest BCUT2D eigenvalue weighted by Gasteiger charge is -2.12. The van der Waals surface area contributed by atoms with E-state index in [2.05, 4.69) is 37.4 Å². The predicted molar refractivity (Wildman–Crippen MR) is 115 cm³/mol. The van der Waals surface area contributed by atoms with E-state index in [4.69, 9.17) is 14.5 Å². The molecule has 1 heterocycles. The highest BCUT2D eigenvalue weighted by atomic mass is 32.2. The van der Waals surface area contributed by atoms with Crippen LogP contribution in [0.25, 0.3) is 10.9 Å². The first-order chi connectivity index (χ1) is 13.5. The van der Waals surface area contributed by atoms with Gasteiger partial charge in [-0.3, -0.25) is 4.79 Å². The van der Waals surface area contributed by atoms with Gasteiger partial charge in [0, 0.05) is 11.5 Å². The number of pyridine rings is 1. The number of nitrogens with one attached hydrogen (secondary N) is 1. The fourth-order valence-electron chi connectivity index (χ4n) is 2.93. The second-order valence-electron chi connectivity index (χ2n) is 6.41. The Morgan fingerprint density at radius 2 is 1.93 bits per heavy atom. The van der Waals surface area contributed by atoms with Crippen LogP contribution >= 0.6 is 11.8 Å². The zero-order valence-electron chi connectivity index (χ0n) is 16.5. The number of fused-ring (bicyclic) bond motifs is 1. The van der Waals surface area contributed by atoms with Crippen molar-refractivity contribution in [3.05, 3.63) is 53.6 Å². The number of hydrogen-bond donors (Lipinski definition) is 1. The molecule has 146 valence electrons. The first kappa shape index (κ1) is 20.0. The number of methoxy groups -OCH3 is 2. The van der Waals surface area contributed by atoms with Crippen molar-refractivity contribution in [1.29, 1.82) is 0 Å². The van der Waals surface area contributed by atoms with E-state index in [9.17, 15) is 4.79 Å². The molecule has 6 heteroatoms. The summed E-state index contributed by atoms with van der Waals surface area (Å²) in [6, 6.07) is 13.7. The summed E-state index contributed by atoms with van der Waals surface area (Å²) in [6.45, 7) is 4.18. The van der Waals surface area contributed by atoms with Crippen LogP contribution in [-0.4, -0.2) is 30.9 Å². The molecule has 3 aromatic rings. The van der Waals surface area contributed by atoms with Gasteiger partial charge < -0.3 is 14.8 Å². The summed E-state index contributed by atoms with van der Waals surface area (Å²) in [5, 5.41) is 4.92. The van der Waals surface area contributed by atoms with Crippen molar-refractivity contribution in [2.75, 3.05) is 25.3 Å². The second-order valence-corrected chi connectivity index (χ2v) is 7.37. The average molecular weight is 397 g/mol. The Bertz CT molecular complexity index is 1000. The van der Waals surface area contributed by atoms with Gasteiger partial charge in [0.2, 0.25) is 5.91 Å². The van der Waals surface area contributed by atoms with E-state index in [0.717, 1.165) is 27.9 Å². The van der Waals surface area contributed by atoms with E-state index < -0.39 is 0 Å². The van der Waals surface area contributed by atoms with Crippen molar-refractivity contribution in [1.82, 2.24) is 4.98 Å². The van der Waals surface area contributed by atoms with Crippen LogP contribution in [-0.2, 0) is 11.2 Å². The summed E-state index contributed by atoms with van der Waals surface area (Å²) in [5.41, 5.74) is 3.89. The van der Waals surface area contributed by atoms with Crippen LogP contribution in [0.5, 0.6) is 11.5 Å². The van der Waals surface area contributed by atoms with Gasteiger partial charge in [-0.25, -0.2) is 4.98 Å². The molecule has 0 radical (unpaired) electrons. The van der Waals surface area contributed by atoms with Gasteiger partial charge in [0.25, 0.3) is 0 Å². The number of nitrogens with zero attached hydrogens (tertiary/aromatic N) is 1. The predicted octanol–water partition coefficient (Wildman–Crippen LogP) is 4.85. The van der Waals surface area contributed by atoms with Gasteiger partial charge in [-0.15, -0.1) is 0 Å². The fraction of sp³-hybridized carbons (Fsp3) is 0.273. The van der Waals surface area contributed by atoms with E-state index in [-0.39, 0.29) is 11.7 Å². The number of thioether (sulfide) groups is 1. The lowest BCUT2D eigenvalue weighted by Crippen LogP contribution is -2.15. The van der Waals surface area contributed by atoms with Crippen LogP contribution in [0.2, 0.25) is 0 Å². The van der Waals surface area contributed by atoms with E-state index in [1.807, 2.05) is 6.07 Å². The molecule has 0 aliphatic heterocycles. The van der Waals surface area contributed by atoms with Gasteiger partial charge >= 0.3 is 0 Å². The highest BCUT2D eigenvalue weighted by molar-refractivity contribution is 8.00. The molecule has 1 aromatic heterocycles. The van der Waals surface area contributed by atoms with Crippen molar-refractivity contribution in [2.24, 2.45) is 0 Å². The smallest absolute Gasteiger partial charge is 0.234 e. The molecular weight excluding hydrogens is 372 g/mol. The SMILES string of the molecule is CCc1cc2cc(C)ccc2nc1SCC(=O)Nc1cc(OC)ccc1OC. The maximum Gasteiger partial charge on any atom is 0.234 e. The third-order valence-electron chi connectivity index (χ3n) is 4.41. The van der Waals surface area contributed by atoms with Crippen molar-refractivity contribution in [3.63, 3.8) is 0 Å². The Morgan fingerprint density at radius 1 is 1.11 bits per heavy atom. The lowest BCUT2D eigenvalue weighted by atomic mass is 10.1. The molecule has 0 aliphatic rings. The van der Waals surface area contributed by atoms with Gasteiger partial charge in [0.1, 0.15) is 16.5 Å². The largest absolute Gasteiger partial charge is 0.497 e. The van der Waals surface area contributed by atoms with Gasteiger partial charge in [-0.2, -0.15) is 0 Å². The molecule has 0 saturated heterocycles. The molecule has 0 bridgehead atoms. The van der Waals surface area contributed by atoms with Gasteiger partial charge in [-0.05, 0) is 49.2 Å². The maximum absolute atomic E-state index is 12.5. The summed E-state index contributed by atoms with van der Waals surface area (Å²) in [7, 11) is 3.16. The van der Waals surface area contributed by atoms with Crippen molar-refractivity contribution < 1.29 is 14.3 Å². The molecule has 5 nitrogen and oxygen atoms in total. The number of amides is 1. The van der Waals surface area contributed by atoms with Crippen LogP contribution in [0.15, 0.2) is 47.5 Å². The summed E-state index contributed by atoms with van der Waals surface area (Å²) in [4.78, 5) is 17.3. The number of aromatic nitrogens is 1. The van der Waals surface area contributed by atoms with E-state index in [1.54, 1.807) is 32.4 Å².